The highest BCUT2D eigenvalue weighted by molar-refractivity contribution is 5.85. The number of aromatic nitrogens is 4. The molecule has 0 spiro atoms. The van der Waals surface area contributed by atoms with Crippen LogP contribution in [-0.2, 0) is 6.42 Å². The molecule has 0 aliphatic carbocycles. The van der Waals surface area contributed by atoms with Gasteiger partial charge in [0.25, 0.3) is 0 Å². The SMILES string of the molecule is Cl.Fc1c(-c2cn[nH]c2)ccc(-c2cc3c(nn2)N([C@@H]2C[C@H]4CC[C@@H](C2)N4)CC3)c1F. The molecule has 3 aliphatic heterocycles. The molecule has 3 aliphatic rings. The van der Waals surface area contributed by atoms with E-state index >= 15 is 0 Å². The molecule has 9 heteroatoms. The molecular weight excluding hydrogens is 422 g/mol. The van der Waals surface area contributed by atoms with E-state index in [1.54, 1.807) is 12.1 Å². The van der Waals surface area contributed by atoms with E-state index in [0.717, 1.165) is 37.2 Å². The Morgan fingerprint density at radius 3 is 2.48 bits per heavy atom. The fraction of sp³-hybridized carbons (Fsp3) is 0.409. The number of piperidine rings is 1. The summed E-state index contributed by atoms with van der Waals surface area (Å²) in [6, 6.07) is 6.69. The number of hydrogen-bond donors (Lipinski definition) is 2. The summed E-state index contributed by atoms with van der Waals surface area (Å²) in [6.45, 7) is 0.911. The second-order valence-corrected chi connectivity index (χ2v) is 8.56. The van der Waals surface area contributed by atoms with Gasteiger partial charge in [-0.3, -0.25) is 5.10 Å². The largest absolute Gasteiger partial charge is 0.351 e. The first-order chi connectivity index (χ1) is 14.7. The van der Waals surface area contributed by atoms with E-state index in [0.29, 0.717) is 29.4 Å². The Balaban J connectivity index is 0.00000204. The smallest absolute Gasteiger partial charge is 0.168 e. The van der Waals surface area contributed by atoms with Gasteiger partial charge in [0.05, 0.1) is 11.9 Å². The summed E-state index contributed by atoms with van der Waals surface area (Å²) in [5.74, 6) is -0.906. The van der Waals surface area contributed by atoms with Gasteiger partial charge in [-0.15, -0.1) is 22.6 Å². The van der Waals surface area contributed by atoms with Crippen molar-refractivity contribution in [3.8, 4) is 22.4 Å². The zero-order valence-corrected chi connectivity index (χ0v) is 17.6. The lowest BCUT2D eigenvalue weighted by atomic mass is 9.98. The maximum Gasteiger partial charge on any atom is 0.168 e. The van der Waals surface area contributed by atoms with Crippen LogP contribution >= 0.6 is 12.4 Å². The zero-order chi connectivity index (χ0) is 20.2. The number of rotatable bonds is 3. The maximum absolute atomic E-state index is 14.9. The van der Waals surface area contributed by atoms with Gasteiger partial charge in [0.2, 0.25) is 0 Å². The summed E-state index contributed by atoms with van der Waals surface area (Å²) in [4.78, 5) is 2.37. The highest BCUT2D eigenvalue weighted by atomic mass is 35.5. The van der Waals surface area contributed by atoms with Gasteiger partial charge in [-0.25, -0.2) is 8.78 Å². The molecule has 31 heavy (non-hydrogen) atoms. The predicted octanol–water partition coefficient (Wildman–Crippen LogP) is 3.88. The molecule has 2 N–H and O–H groups in total. The number of benzene rings is 1. The van der Waals surface area contributed by atoms with E-state index in [-0.39, 0.29) is 23.5 Å². The van der Waals surface area contributed by atoms with Crippen LogP contribution in [0.1, 0.15) is 31.2 Å². The second kappa shape index (κ2) is 7.84. The van der Waals surface area contributed by atoms with Gasteiger partial charge < -0.3 is 10.2 Å². The molecule has 3 atom stereocenters. The van der Waals surface area contributed by atoms with Crippen molar-refractivity contribution in [2.75, 3.05) is 11.4 Å². The summed E-state index contributed by atoms with van der Waals surface area (Å²) in [5.41, 5.74) is 2.24. The molecular formula is C22H23ClF2N6. The number of nitrogens with one attached hydrogen (secondary N) is 2. The predicted molar refractivity (Wildman–Crippen MR) is 116 cm³/mol. The Hall–Kier alpha value is -2.58. The van der Waals surface area contributed by atoms with Crippen molar-refractivity contribution >= 4 is 18.2 Å². The zero-order valence-electron chi connectivity index (χ0n) is 16.8. The van der Waals surface area contributed by atoms with E-state index in [1.165, 1.54) is 25.2 Å². The first-order valence-electron chi connectivity index (χ1n) is 10.5. The van der Waals surface area contributed by atoms with Crippen LogP contribution in [0.3, 0.4) is 0 Å². The third-order valence-corrected chi connectivity index (χ3v) is 6.80. The number of nitrogens with zero attached hydrogens (tertiary/aromatic N) is 4. The minimum absolute atomic E-state index is 0. The number of aromatic amines is 1. The van der Waals surface area contributed by atoms with Crippen molar-refractivity contribution in [2.24, 2.45) is 0 Å². The summed E-state index contributed by atoms with van der Waals surface area (Å²) in [6.07, 6.45) is 8.64. The van der Waals surface area contributed by atoms with E-state index < -0.39 is 11.6 Å². The normalized spacial score (nSPS) is 24.2. The molecule has 0 saturated carbocycles. The molecule has 5 heterocycles. The van der Waals surface area contributed by atoms with Gasteiger partial charge in [0.15, 0.2) is 17.5 Å². The monoisotopic (exact) mass is 444 g/mol. The number of anilines is 1. The second-order valence-electron chi connectivity index (χ2n) is 8.56. The fourth-order valence-corrected chi connectivity index (χ4v) is 5.33. The molecule has 6 nitrogen and oxygen atoms in total. The van der Waals surface area contributed by atoms with E-state index in [2.05, 4.69) is 30.6 Å². The lowest BCUT2D eigenvalue weighted by Gasteiger charge is -2.36. The summed E-state index contributed by atoms with van der Waals surface area (Å²) >= 11 is 0. The lowest BCUT2D eigenvalue weighted by molar-refractivity contribution is 0.349. The molecule has 6 rings (SSSR count). The molecule has 2 saturated heterocycles. The Bertz CT molecular complexity index is 1090. The van der Waals surface area contributed by atoms with Crippen molar-refractivity contribution in [2.45, 2.75) is 50.2 Å². The van der Waals surface area contributed by atoms with Gasteiger partial charge in [-0.2, -0.15) is 5.10 Å². The molecule has 3 aromatic rings. The third-order valence-electron chi connectivity index (χ3n) is 6.80. The van der Waals surface area contributed by atoms with Crippen LogP contribution in [0, 0.1) is 11.6 Å². The summed E-state index contributed by atoms with van der Waals surface area (Å²) in [7, 11) is 0. The minimum Gasteiger partial charge on any atom is -0.351 e. The first-order valence-corrected chi connectivity index (χ1v) is 10.5. The fourth-order valence-electron chi connectivity index (χ4n) is 5.33. The van der Waals surface area contributed by atoms with E-state index in [1.807, 2.05) is 6.07 Å². The molecule has 2 bridgehead atoms. The summed E-state index contributed by atoms with van der Waals surface area (Å²) < 4.78 is 29.6. The van der Waals surface area contributed by atoms with Crippen molar-refractivity contribution < 1.29 is 8.78 Å². The topological polar surface area (TPSA) is 69.7 Å². The van der Waals surface area contributed by atoms with Crippen molar-refractivity contribution in [1.82, 2.24) is 25.7 Å². The highest BCUT2D eigenvalue weighted by Gasteiger charge is 2.38. The van der Waals surface area contributed by atoms with Gasteiger partial charge in [-0.05, 0) is 44.2 Å². The van der Waals surface area contributed by atoms with Gasteiger partial charge in [0.1, 0.15) is 0 Å². The van der Waals surface area contributed by atoms with Crippen LogP contribution < -0.4 is 10.2 Å². The highest BCUT2D eigenvalue weighted by Crippen LogP contribution is 2.37. The Kier molecular flexibility index (Phi) is 5.14. The summed E-state index contributed by atoms with van der Waals surface area (Å²) in [5, 5.41) is 18.8. The average Bonchev–Trinajstić information content (AvgIpc) is 3.50. The van der Waals surface area contributed by atoms with Crippen molar-refractivity contribution in [3.63, 3.8) is 0 Å². The average molecular weight is 445 g/mol. The molecule has 2 aromatic heterocycles. The third kappa shape index (κ3) is 3.38. The van der Waals surface area contributed by atoms with Crippen LogP contribution in [0.2, 0.25) is 0 Å². The quantitative estimate of drug-likeness (QED) is 0.641. The molecule has 0 amide bonds. The van der Waals surface area contributed by atoms with Crippen LogP contribution in [-0.4, -0.2) is 45.1 Å². The van der Waals surface area contributed by atoms with Gasteiger partial charge in [0, 0.05) is 53.1 Å². The molecule has 0 unspecified atom stereocenters. The number of hydrogen-bond acceptors (Lipinski definition) is 5. The van der Waals surface area contributed by atoms with Crippen molar-refractivity contribution in [3.05, 3.63) is 47.8 Å². The van der Waals surface area contributed by atoms with E-state index in [4.69, 9.17) is 0 Å². The molecule has 1 aromatic carbocycles. The Labute approximate surface area is 184 Å². The van der Waals surface area contributed by atoms with Crippen LogP contribution in [0.5, 0.6) is 0 Å². The van der Waals surface area contributed by atoms with E-state index in [9.17, 15) is 8.78 Å². The van der Waals surface area contributed by atoms with Gasteiger partial charge >= 0.3 is 0 Å². The van der Waals surface area contributed by atoms with Gasteiger partial charge in [-0.1, -0.05) is 6.07 Å². The molecule has 162 valence electrons. The Morgan fingerprint density at radius 2 is 1.74 bits per heavy atom. The minimum atomic E-state index is -0.910. The number of fused-ring (bicyclic) bond motifs is 3. The number of H-pyrrole nitrogens is 1. The number of halogens is 3. The molecule has 0 radical (unpaired) electrons. The molecule has 2 fully saturated rings. The van der Waals surface area contributed by atoms with Crippen LogP contribution in [0.25, 0.3) is 22.4 Å². The Morgan fingerprint density at radius 1 is 1.00 bits per heavy atom. The maximum atomic E-state index is 14.9. The van der Waals surface area contributed by atoms with Crippen LogP contribution in [0.15, 0.2) is 30.6 Å². The van der Waals surface area contributed by atoms with Crippen LogP contribution in [0.4, 0.5) is 14.6 Å². The first kappa shape index (κ1) is 20.3. The lowest BCUT2D eigenvalue weighted by Crippen LogP contribution is -2.48. The standard InChI is InChI=1S/C22H22F2N6.ClH/c23-20-17(13-10-25-26-11-13)3-4-18(21(20)24)19-7-12-5-6-30(22(12)29-28-19)16-8-14-1-2-15(9-16)27-14;/h3-4,7,10-11,14-16,27H,1-2,5-6,8-9H2,(H,25,26);1H/t14-,15+,16-;. The van der Waals surface area contributed by atoms with Crippen molar-refractivity contribution in [1.29, 1.82) is 0 Å².